The van der Waals surface area contributed by atoms with Crippen molar-refractivity contribution in [2.45, 2.75) is 245 Å². The molecule has 3 unspecified atom stereocenters. The minimum atomic E-state index is -4.70. The van der Waals surface area contributed by atoms with Crippen LogP contribution in [0.5, 0.6) is 0 Å². The van der Waals surface area contributed by atoms with Crippen LogP contribution in [0.15, 0.2) is 72.9 Å². The number of esters is 1. The molecule has 9 nitrogen and oxygen atoms in total. The first kappa shape index (κ1) is 65.5. The fraction of sp³-hybridized carbons (Fsp3) is 0.759. The Morgan fingerprint density at radius 2 is 1.01 bits per heavy atom. The highest BCUT2D eigenvalue weighted by Gasteiger charge is 2.27. The van der Waals surface area contributed by atoms with Crippen molar-refractivity contribution in [3.05, 3.63) is 72.9 Å². The number of rotatable bonds is 49. The number of hydrogen-bond acceptors (Lipinski definition) is 7. The Hall–Kier alpha value is -2.55. The van der Waals surface area contributed by atoms with Crippen molar-refractivity contribution in [1.29, 1.82) is 0 Å². The summed E-state index contributed by atoms with van der Waals surface area (Å²) in [6.45, 7) is 6.58. The van der Waals surface area contributed by atoms with Crippen LogP contribution in [-0.2, 0) is 27.9 Å². The highest BCUT2D eigenvalue weighted by Crippen LogP contribution is 2.38. The van der Waals surface area contributed by atoms with Gasteiger partial charge in [-0.25, -0.2) is 0 Å². The minimum Gasteiger partial charge on any atom is -0.756 e. The van der Waals surface area contributed by atoms with Crippen molar-refractivity contribution in [1.82, 2.24) is 5.32 Å². The largest absolute Gasteiger partial charge is 0.756 e. The molecule has 0 rings (SSSR count). The molecule has 0 aliphatic carbocycles. The van der Waals surface area contributed by atoms with Gasteiger partial charge >= 0.3 is 5.97 Å². The molecule has 0 aliphatic rings. The highest BCUT2D eigenvalue weighted by atomic mass is 31.2. The summed E-state index contributed by atoms with van der Waals surface area (Å²) in [4.78, 5) is 39.8. The third-order valence-electron chi connectivity index (χ3n) is 11.9. The molecule has 0 bridgehead atoms. The van der Waals surface area contributed by atoms with Crippen molar-refractivity contribution in [3.8, 4) is 0 Å². The lowest BCUT2D eigenvalue weighted by Gasteiger charge is -2.30. The second kappa shape index (κ2) is 48.1. The van der Waals surface area contributed by atoms with Gasteiger partial charge in [-0.05, 0) is 76.7 Å². The number of amides is 1. The van der Waals surface area contributed by atoms with E-state index in [0.29, 0.717) is 23.9 Å². The lowest BCUT2D eigenvalue weighted by Crippen LogP contribution is -2.47. The molecule has 10 heteroatoms. The smallest absolute Gasteiger partial charge is 0.306 e. The molecule has 0 saturated heterocycles. The maximum absolute atomic E-state index is 13.5. The van der Waals surface area contributed by atoms with E-state index in [0.717, 1.165) is 96.3 Å². The second-order valence-electron chi connectivity index (χ2n) is 19.7. The summed E-state index contributed by atoms with van der Waals surface area (Å²) in [6.07, 6.45) is 60.0. The summed E-state index contributed by atoms with van der Waals surface area (Å²) in [6, 6.07) is -0.898. The molecule has 0 aromatic rings. The molecule has 1 amide bonds. The Balaban J connectivity index is 5.43. The molecule has 0 saturated carbocycles. The summed E-state index contributed by atoms with van der Waals surface area (Å²) < 4.78 is 30.2. The van der Waals surface area contributed by atoms with Gasteiger partial charge in [-0.3, -0.25) is 14.2 Å². The van der Waals surface area contributed by atoms with E-state index in [2.05, 4.69) is 86.8 Å². The van der Waals surface area contributed by atoms with Crippen LogP contribution in [0.2, 0.25) is 0 Å². The average molecular weight is 973 g/mol. The SMILES string of the molecule is CC/C=C/C=C/C=C/CCCCCCCCCC(=O)OC(/C=C/CCCCCCCCCCCCC)C(COP(=O)([O-])OCC[N+](C)(C)C)NC(=O)CCCCCCCCC/C=C/C/C=C/CC. The van der Waals surface area contributed by atoms with Gasteiger partial charge in [0.1, 0.15) is 19.3 Å². The molecule has 0 fully saturated rings. The van der Waals surface area contributed by atoms with Crippen molar-refractivity contribution >= 4 is 19.7 Å². The lowest BCUT2D eigenvalue weighted by atomic mass is 10.0. The number of hydrogen-bond donors (Lipinski definition) is 1. The van der Waals surface area contributed by atoms with Crippen LogP contribution in [0.1, 0.15) is 233 Å². The summed E-state index contributed by atoms with van der Waals surface area (Å²) in [5.41, 5.74) is 0. The number of ether oxygens (including phenoxy) is 1. The number of phosphoric ester groups is 1. The van der Waals surface area contributed by atoms with E-state index in [-0.39, 0.29) is 24.9 Å². The van der Waals surface area contributed by atoms with Crippen LogP contribution in [0, 0.1) is 0 Å². The molecule has 1 N–H and O–H groups in total. The van der Waals surface area contributed by atoms with Crippen molar-refractivity contribution in [2.24, 2.45) is 0 Å². The minimum absolute atomic E-state index is 0.0286. The molecule has 0 aliphatic heterocycles. The standard InChI is InChI=1S/C58H105N2O7P/c1-7-10-13-16-19-22-25-28-30-33-36-39-42-45-48-51-58(62)67-56(49-46-43-40-37-34-31-27-24-21-18-15-12-9-3)55(54-66-68(63,64)65-53-52-60(4,5)6)59-57(61)50-47-44-41-38-35-32-29-26-23-20-17-14-11-8-2/h10-11,13-14,16,19-20,22-23,25,46,49,55-56H,7-9,12,15,17-18,21,24,26-45,47-48,50-54H2,1-6H3,(H-,59,61,63,64)/b13-10+,14-11+,19-16+,23-20+,25-22+,49-46+. The molecule has 0 aromatic heterocycles. The molecule has 0 spiro atoms. The molecule has 0 aromatic carbocycles. The fourth-order valence-electron chi connectivity index (χ4n) is 7.68. The van der Waals surface area contributed by atoms with Gasteiger partial charge in [0, 0.05) is 12.8 Å². The summed E-state index contributed by atoms with van der Waals surface area (Å²) in [5.74, 6) is -0.567. The summed E-state index contributed by atoms with van der Waals surface area (Å²) >= 11 is 0. The second-order valence-corrected chi connectivity index (χ2v) is 21.1. The Kier molecular flexibility index (Phi) is 46.3. The van der Waals surface area contributed by atoms with E-state index in [1.165, 1.54) is 96.3 Å². The highest BCUT2D eigenvalue weighted by molar-refractivity contribution is 7.45. The zero-order valence-electron chi connectivity index (χ0n) is 44.8. The zero-order chi connectivity index (χ0) is 50.1. The number of phosphoric acid groups is 1. The molecule has 0 radical (unpaired) electrons. The average Bonchev–Trinajstić information content (AvgIpc) is 3.29. The van der Waals surface area contributed by atoms with Crippen LogP contribution in [0.3, 0.4) is 0 Å². The third-order valence-corrected chi connectivity index (χ3v) is 12.9. The monoisotopic (exact) mass is 973 g/mol. The first-order valence-electron chi connectivity index (χ1n) is 27.8. The zero-order valence-corrected chi connectivity index (χ0v) is 45.7. The molecular formula is C58H105N2O7P. The summed E-state index contributed by atoms with van der Waals surface area (Å²) in [7, 11) is 1.16. The predicted octanol–water partition coefficient (Wildman–Crippen LogP) is 15.9. The van der Waals surface area contributed by atoms with Gasteiger partial charge in [0.2, 0.25) is 5.91 Å². The molecule has 394 valence electrons. The molecule has 3 atom stereocenters. The Bertz CT molecular complexity index is 1400. The molecule has 0 heterocycles. The first-order valence-corrected chi connectivity index (χ1v) is 29.2. The van der Waals surface area contributed by atoms with Crippen molar-refractivity contribution < 1.29 is 37.3 Å². The Morgan fingerprint density at radius 1 is 0.544 bits per heavy atom. The number of quaternary nitrogens is 1. The fourth-order valence-corrected chi connectivity index (χ4v) is 8.40. The topological polar surface area (TPSA) is 114 Å². The van der Waals surface area contributed by atoms with Crippen LogP contribution in [0.4, 0.5) is 0 Å². The van der Waals surface area contributed by atoms with E-state index in [1.54, 1.807) is 0 Å². The maximum atomic E-state index is 13.5. The molecule has 68 heavy (non-hydrogen) atoms. The Morgan fingerprint density at radius 3 is 1.56 bits per heavy atom. The van der Waals surface area contributed by atoms with Gasteiger partial charge in [0.05, 0.1) is 33.8 Å². The number of carbonyl (C=O) groups is 2. The van der Waals surface area contributed by atoms with Crippen LogP contribution >= 0.6 is 7.82 Å². The Labute approximate surface area is 419 Å². The van der Waals surface area contributed by atoms with E-state index < -0.39 is 26.6 Å². The number of allylic oxidation sites excluding steroid dienone is 11. The quantitative estimate of drug-likeness (QED) is 0.0161. The van der Waals surface area contributed by atoms with Gasteiger partial charge in [-0.1, -0.05) is 216 Å². The van der Waals surface area contributed by atoms with Gasteiger partial charge in [0.25, 0.3) is 7.82 Å². The van der Waals surface area contributed by atoms with Gasteiger partial charge < -0.3 is 28.5 Å². The van der Waals surface area contributed by atoms with E-state index in [1.807, 2.05) is 33.3 Å². The number of nitrogens with zero attached hydrogens (tertiary/aromatic N) is 1. The van der Waals surface area contributed by atoms with E-state index in [9.17, 15) is 19.0 Å². The van der Waals surface area contributed by atoms with Gasteiger partial charge in [-0.15, -0.1) is 0 Å². The van der Waals surface area contributed by atoms with Gasteiger partial charge in [0.15, 0.2) is 0 Å². The molecular weight excluding hydrogens is 868 g/mol. The van der Waals surface area contributed by atoms with Crippen LogP contribution in [-0.4, -0.2) is 69.4 Å². The number of carbonyl (C=O) groups excluding carboxylic acids is 2. The predicted molar refractivity (Wildman–Crippen MR) is 288 cm³/mol. The van der Waals surface area contributed by atoms with Crippen LogP contribution in [0.25, 0.3) is 0 Å². The van der Waals surface area contributed by atoms with E-state index in [4.69, 9.17) is 13.8 Å². The number of likely N-dealkylation sites (N-methyl/N-ethyl adjacent to an activating group) is 1. The third kappa shape index (κ3) is 48.5. The van der Waals surface area contributed by atoms with Gasteiger partial charge in [-0.2, -0.15) is 0 Å². The van der Waals surface area contributed by atoms with E-state index >= 15 is 0 Å². The normalized spacial score (nSPS) is 14.4. The maximum Gasteiger partial charge on any atom is 0.306 e. The van der Waals surface area contributed by atoms with Crippen LogP contribution < -0.4 is 10.2 Å². The number of unbranched alkanes of at least 4 members (excludes halogenated alkanes) is 25. The van der Waals surface area contributed by atoms with Crippen molar-refractivity contribution in [2.75, 3.05) is 40.9 Å². The number of nitrogens with one attached hydrogen (secondary N) is 1. The lowest BCUT2D eigenvalue weighted by molar-refractivity contribution is -0.870. The first-order chi connectivity index (χ1) is 32.9. The van der Waals surface area contributed by atoms with Crippen molar-refractivity contribution in [3.63, 3.8) is 0 Å². The summed E-state index contributed by atoms with van der Waals surface area (Å²) in [5, 5.41) is 3.01.